The molecule has 7 heteroatoms. The fourth-order valence-electron chi connectivity index (χ4n) is 1.93. The molecule has 0 aromatic heterocycles. The van der Waals surface area contributed by atoms with E-state index in [0.29, 0.717) is 10.0 Å². The van der Waals surface area contributed by atoms with Crippen LogP contribution in [0.3, 0.4) is 0 Å². The second-order valence-corrected chi connectivity index (χ2v) is 5.69. The van der Waals surface area contributed by atoms with Gasteiger partial charge in [-0.1, -0.05) is 52.3 Å². The topological polar surface area (TPSA) is 84.5 Å². The van der Waals surface area contributed by atoms with E-state index < -0.39 is 24.0 Å². The maximum absolute atomic E-state index is 12.3. The Hall–Kier alpha value is -2.67. The number of carbonyl (C=O) groups is 3. The van der Waals surface area contributed by atoms with Crippen LogP contribution in [-0.2, 0) is 9.53 Å². The van der Waals surface area contributed by atoms with Gasteiger partial charge in [0.25, 0.3) is 5.91 Å². The van der Waals surface area contributed by atoms with Crippen LogP contribution in [0.25, 0.3) is 0 Å². The van der Waals surface area contributed by atoms with Crippen LogP contribution < -0.4 is 10.6 Å². The van der Waals surface area contributed by atoms with Crippen molar-refractivity contribution in [3.8, 4) is 0 Å². The Kier molecular flexibility index (Phi) is 6.08. The molecule has 0 aliphatic rings. The predicted octanol–water partition coefficient (Wildman–Crippen LogP) is 2.80. The predicted molar refractivity (Wildman–Crippen MR) is 91.3 cm³/mol. The van der Waals surface area contributed by atoms with Crippen molar-refractivity contribution >= 4 is 33.8 Å². The van der Waals surface area contributed by atoms with E-state index >= 15 is 0 Å². The summed E-state index contributed by atoms with van der Waals surface area (Å²) in [5.41, 5.74) is 0.750. The van der Waals surface area contributed by atoms with Gasteiger partial charge in [-0.15, -0.1) is 0 Å². The molecule has 0 aliphatic heterocycles. The molecule has 1 atom stereocenters. The number of rotatable bonds is 4. The molecule has 0 unspecified atom stereocenters. The smallest absolute Gasteiger partial charge is 0.339 e. The molecule has 24 heavy (non-hydrogen) atoms. The molecule has 2 aromatic carbocycles. The Balaban J connectivity index is 2.24. The molecule has 0 saturated carbocycles. The number of benzene rings is 2. The van der Waals surface area contributed by atoms with Crippen molar-refractivity contribution < 1.29 is 19.1 Å². The van der Waals surface area contributed by atoms with Gasteiger partial charge in [-0.2, -0.15) is 0 Å². The largest absolute Gasteiger partial charge is 0.444 e. The average molecular weight is 391 g/mol. The SMILES string of the molecule is CNC(=O)NC(=O)[C@H](OC(=O)c1cccc(Br)c1)c1ccccc1. The van der Waals surface area contributed by atoms with E-state index in [0.717, 1.165) is 0 Å². The summed E-state index contributed by atoms with van der Waals surface area (Å²) in [7, 11) is 1.38. The number of hydrogen-bond donors (Lipinski definition) is 2. The summed E-state index contributed by atoms with van der Waals surface area (Å²) in [6.45, 7) is 0. The van der Waals surface area contributed by atoms with Gasteiger partial charge in [-0.25, -0.2) is 9.59 Å². The third kappa shape index (κ3) is 4.66. The average Bonchev–Trinajstić information content (AvgIpc) is 2.59. The number of hydrogen-bond acceptors (Lipinski definition) is 4. The number of carbonyl (C=O) groups excluding carboxylic acids is 3. The lowest BCUT2D eigenvalue weighted by molar-refractivity contribution is -0.129. The van der Waals surface area contributed by atoms with Crippen LogP contribution in [0.1, 0.15) is 22.0 Å². The fourth-order valence-corrected chi connectivity index (χ4v) is 2.33. The van der Waals surface area contributed by atoms with Crippen molar-refractivity contribution in [1.29, 1.82) is 0 Å². The zero-order chi connectivity index (χ0) is 17.5. The molecular weight excluding hydrogens is 376 g/mol. The standard InChI is InChI=1S/C17H15BrN2O4/c1-19-17(23)20-15(21)14(11-6-3-2-4-7-11)24-16(22)12-8-5-9-13(18)10-12/h2-10,14H,1H3,(H2,19,20,21,23)/t14-/m1/s1. The van der Waals surface area contributed by atoms with Gasteiger partial charge in [0.2, 0.25) is 6.10 Å². The molecule has 0 spiro atoms. The number of nitrogens with one attached hydrogen (secondary N) is 2. The van der Waals surface area contributed by atoms with Gasteiger partial charge < -0.3 is 10.1 Å². The quantitative estimate of drug-likeness (QED) is 0.786. The molecule has 0 aliphatic carbocycles. The summed E-state index contributed by atoms with van der Waals surface area (Å²) in [5, 5.41) is 4.40. The molecule has 0 fully saturated rings. The first-order valence-electron chi connectivity index (χ1n) is 7.05. The van der Waals surface area contributed by atoms with Crippen LogP contribution in [0.4, 0.5) is 4.79 Å². The third-order valence-electron chi connectivity index (χ3n) is 3.09. The first kappa shape index (κ1) is 17.7. The zero-order valence-electron chi connectivity index (χ0n) is 12.8. The summed E-state index contributed by atoms with van der Waals surface area (Å²) in [4.78, 5) is 36.0. The van der Waals surface area contributed by atoms with E-state index in [-0.39, 0.29) is 5.56 Å². The van der Waals surface area contributed by atoms with Gasteiger partial charge >= 0.3 is 12.0 Å². The highest BCUT2D eigenvalue weighted by Gasteiger charge is 2.26. The highest BCUT2D eigenvalue weighted by molar-refractivity contribution is 9.10. The molecule has 0 radical (unpaired) electrons. The van der Waals surface area contributed by atoms with E-state index in [1.165, 1.54) is 7.05 Å². The van der Waals surface area contributed by atoms with Crippen LogP contribution in [0.2, 0.25) is 0 Å². The molecule has 6 nitrogen and oxygen atoms in total. The van der Waals surface area contributed by atoms with Gasteiger partial charge in [0, 0.05) is 17.1 Å². The number of amides is 3. The molecule has 124 valence electrons. The second kappa shape index (κ2) is 8.26. The van der Waals surface area contributed by atoms with Crippen LogP contribution in [0, 0.1) is 0 Å². The van der Waals surface area contributed by atoms with Crippen molar-refractivity contribution in [3.63, 3.8) is 0 Å². The van der Waals surface area contributed by atoms with Crippen LogP contribution in [0.15, 0.2) is 59.1 Å². The molecule has 0 saturated heterocycles. The van der Waals surface area contributed by atoms with Gasteiger partial charge in [-0.05, 0) is 18.2 Å². The summed E-state index contributed by atoms with van der Waals surface area (Å²) >= 11 is 3.27. The Morgan fingerprint density at radius 1 is 1.04 bits per heavy atom. The van der Waals surface area contributed by atoms with Crippen LogP contribution >= 0.6 is 15.9 Å². The van der Waals surface area contributed by atoms with Gasteiger partial charge in [0.1, 0.15) is 0 Å². The van der Waals surface area contributed by atoms with Crippen molar-refractivity contribution in [2.24, 2.45) is 0 Å². The van der Waals surface area contributed by atoms with E-state index in [1.54, 1.807) is 54.6 Å². The normalized spacial score (nSPS) is 11.2. The number of imide groups is 1. The lowest BCUT2D eigenvalue weighted by Crippen LogP contribution is -2.41. The number of urea groups is 1. The Morgan fingerprint density at radius 3 is 2.38 bits per heavy atom. The molecule has 0 heterocycles. The van der Waals surface area contributed by atoms with Crippen molar-refractivity contribution in [2.45, 2.75) is 6.10 Å². The maximum atomic E-state index is 12.3. The third-order valence-corrected chi connectivity index (χ3v) is 3.58. The lowest BCUT2D eigenvalue weighted by Gasteiger charge is -2.17. The maximum Gasteiger partial charge on any atom is 0.339 e. The molecule has 2 aromatic rings. The van der Waals surface area contributed by atoms with E-state index in [4.69, 9.17) is 4.74 Å². The first-order valence-corrected chi connectivity index (χ1v) is 7.84. The van der Waals surface area contributed by atoms with Crippen molar-refractivity contribution in [3.05, 3.63) is 70.2 Å². The Morgan fingerprint density at radius 2 is 1.75 bits per heavy atom. The minimum Gasteiger partial charge on any atom is -0.444 e. The minimum absolute atomic E-state index is 0.290. The molecular formula is C17H15BrN2O4. The molecule has 2 N–H and O–H groups in total. The van der Waals surface area contributed by atoms with Crippen molar-refractivity contribution in [1.82, 2.24) is 10.6 Å². The highest BCUT2D eigenvalue weighted by Crippen LogP contribution is 2.21. The van der Waals surface area contributed by atoms with Gasteiger partial charge in [-0.3, -0.25) is 10.1 Å². The highest BCUT2D eigenvalue weighted by atomic mass is 79.9. The Labute approximate surface area is 147 Å². The number of halogens is 1. The van der Waals surface area contributed by atoms with E-state index in [9.17, 15) is 14.4 Å². The monoisotopic (exact) mass is 390 g/mol. The summed E-state index contributed by atoms with van der Waals surface area (Å²) < 4.78 is 6.04. The summed E-state index contributed by atoms with van der Waals surface area (Å²) in [6.07, 6.45) is -1.24. The van der Waals surface area contributed by atoms with Crippen LogP contribution in [0.5, 0.6) is 0 Å². The van der Waals surface area contributed by atoms with Crippen LogP contribution in [-0.4, -0.2) is 25.0 Å². The molecule has 0 bridgehead atoms. The number of ether oxygens (including phenoxy) is 1. The minimum atomic E-state index is -1.24. The fraction of sp³-hybridized carbons (Fsp3) is 0.118. The Bertz CT molecular complexity index is 749. The summed E-state index contributed by atoms with van der Waals surface area (Å²) in [5.74, 6) is -1.40. The van der Waals surface area contributed by atoms with E-state index in [1.807, 2.05) is 0 Å². The first-order chi connectivity index (χ1) is 11.5. The summed E-state index contributed by atoms with van der Waals surface area (Å²) in [6, 6.07) is 14.4. The molecule has 3 amide bonds. The van der Waals surface area contributed by atoms with Gasteiger partial charge in [0.05, 0.1) is 5.56 Å². The molecule has 2 rings (SSSR count). The lowest BCUT2D eigenvalue weighted by atomic mass is 10.1. The number of esters is 1. The second-order valence-electron chi connectivity index (χ2n) is 4.77. The zero-order valence-corrected chi connectivity index (χ0v) is 14.4. The van der Waals surface area contributed by atoms with Crippen molar-refractivity contribution in [2.75, 3.05) is 7.05 Å². The van der Waals surface area contributed by atoms with E-state index in [2.05, 4.69) is 26.6 Å². The van der Waals surface area contributed by atoms with Gasteiger partial charge in [0.15, 0.2) is 0 Å².